The van der Waals surface area contributed by atoms with Crippen LogP contribution < -0.4 is 10.5 Å². The third-order valence-corrected chi connectivity index (χ3v) is 4.99. The van der Waals surface area contributed by atoms with Crippen LogP contribution in [0, 0.1) is 6.92 Å². The van der Waals surface area contributed by atoms with Gasteiger partial charge in [0.1, 0.15) is 5.75 Å². The minimum Gasteiger partial charge on any atom is -0.497 e. The first-order valence-electron chi connectivity index (χ1n) is 7.12. The molecule has 1 aromatic heterocycles. The highest BCUT2D eigenvalue weighted by Crippen LogP contribution is 2.39. The van der Waals surface area contributed by atoms with Gasteiger partial charge in [0.15, 0.2) is 0 Å². The number of methoxy groups -OCH3 is 1. The van der Waals surface area contributed by atoms with Crippen molar-refractivity contribution in [3.05, 3.63) is 41.6 Å². The first kappa shape index (κ1) is 15.9. The van der Waals surface area contributed by atoms with E-state index < -0.39 is 0 Å². The lowest BCUT2D eigenvalue weighted by Gasteiger charge is -2.23. The van der Waals surface area contributed by atoms with Crippen molar-refractivity contribution in [1.29, 1.82) is 0 Å². The number of nitrogens with two attached hydrogens (primary N) is 1. The van der Waals surface area contributed by atoms with Gasteiger partial charge in [0, 0.05) is 13.1 Å². The minimum atomic E-state index is 0.0808. The summed E-state index contributed by atoms with van der Waals surface area (Å²) >= 11 is 1.76. The van der Waals surface area contributed by atoms with Gasteiger partial charge in [0.25, 0.3) is 0 Å². The van der Waals surface area contributed by atoms with Gasteiger partial charge in [0.2, 0.25) is 0 Å². The second-order valence-electron chi connectivity index (χ2n) is 5.13. The Morgan fingerprint density at radius 2 is 2.14 bits per heavy atom. The van der Waals surface area contributed by atoms with Crippen molar-refractivity contribution in [2.45, 2.75) is 36.6 Å². The molecule has 0 spiro atoms. The lowest BCUT2D eigenvalue weighted by atomic mass is 10.0. The van der Waals surface area contributed by atoms with Crippen LogP contribution in [-0.4, -0.2) is 22.9 Å². The SMILES string of the molecule is CCC(N)C(Sc1cc(C)nn1C)c1cccc(OC)c1. The summed E-state index contributed by atoms with van der Waals surface area (Å²) in [4.78, 5) is 0. The van der Waals surface area contributed by atoms with Gasteiger partial charge in [-0.3, -0.25) is 4.68 Å². The fourth-order valence-electron chi connectivity index (χ4n) is 2.26. The zero-order valence-electron chi connectivity index (χ0n) is 13.0. The molecule has 0 radical (unpaired) electrons. The predicted octanol–water partition coefficient (Wildman–Crippen LogP) is 3.31. The Bertz CT molecular complexity index is 597. The molecule has 0 saturated heterocycles. The van der Waals surface area contributed by atoms with Crippen LogP contribution in [0.3, 0.4) is 0 Å². The quantitative estimate of drug-likeness (QED) is 0.832. The Kier molecular flexibility index (Phi) is 5.31. The van der Waals surface area contributed by atoms with E-state index in [2.05, 4.69) is 30.2 Å². The fraction of sp³-hybridized carbons (Fsp3) is 0.438. The Balaban J connectivity index is 2.31. The first-order valence-corrected chi connectivity index (χ1v) is 8.00. The molecule has 0 aliphatic carbocycles. The van der Waals surface area contributed by atoms with Crippen LogP contribution in [-0.2, 0) is 7.05 Å². The van der Waals surface area contributed by atoms with Crippen molar-refractivity contribution in [2.75, 3.05) is 7.11 Å². The predicted molar refractivity (Wildman–Crippen MR) is 87.8 cm³/mol. The molecule has 2 atom stereocenters. The Morgan fingerprint density at radius 3 is 2.71 bits per heavy atom. The van der Waals surface area contributed by atoms with E-state index in [4.69, 9.17) is 10.5 Å². The molecule has 0 bridgehead atoms. The van der Waals surface area contributed by atoms with Crippen LogP contribution in [0.2, 0.25) is 0 Å². The molecular weight excluding hydrogens is 282 g/mol. The molecule has 0 fully saturated rings. The summed E-state index contributed by atoms with van der Waals surface area (Å²) < 4.78 is 7.24. The normalized spacial score (nSPS) is 14.0. The molecule has 0 amide bonds. The van der Waals surface area contributed by atoms with Crippen molar-refractivity contribution in [1.82, 2.24) is 9.78 Å². The van der Waals surface area contributed by atoms with Gasteiger partial charge in [-0.15, -0.1) is 0 Å². The molecule has 2 unspecified atom stereocenters. The maximum atomic E-state index is 6.35. The molecule has 21 heavy (non-hydrogen) atoms. The molecule has 0 aliphatic rings. The second kappa shape index (κ2) is 7.00. The van der Waals surface area contributed by atoms with Crippen LogP contribution in [0.4, 0.5) is 0 Å². The summed E-state index contributed by atoms with van der Waals surface area (Å²) in [6.07, 6.45) is 0.922. The summed E-state index contributed by atoms with van der Waals surface area (Å²) in [5, 5.41) is 5.72. The van der Waals surface area contributed by atoms with E-state index in [0.717, 1.165) is 22.9 Å². The lowest BCUT2D eigenvalue weighted by Crippen LogP contribution is -2.25. The zero-order chi connectivity index (χ0) is 15.4. The highest BCUT2D eigenvalue weighted by molar-refractivity contribution is 7.99. The number of aryl methyl sites for hydroxylation is 2. The Labute approximate surface area is 130 Å². The molecule has 0 saturated carbocycles. The van der Waals surface area contributed by atoms with E-state index in [9.17, 15) is 0 Å². The zero-order valence-corrected chi connectivity index (χ0v) is 13.9. The number of hydrogen-bond donors (Lipinski definition) is 1. The molecule has 2 aromatic rings. The van der Waals surface area contributed by atoms with Gasteiger partial charge in [0.05, 0.1) is 23.1 Å². The summed E-state index contributed by atoms with van der Waals surface area (Å²) in [6, 6.07) is 10.3. The van der Waals surface area contributed by atoms with Gasteiger partial charge < -0.3 is 10.5 Å². The third-order valence-electron chi connectivity index (χ3n) is 3.49. The third kappa shape index (κ3) is 3.80. The molecule has 5 heteroatoms. The molecular formula is C16H23N3OS. The molecule has 1 aromatic carbocycles. The average Bonchev–Trinajstić information content (AvgIpc) is 2.81. The van der Waals surface area contributed by atoms with Crippen molar-refractivity contribution < 1.29 is 4.74 Å². The maximum Gasteiger partial charge on any atom is 0.119 e. The Hall–Kier alpha value is -1.46. The van der Waals surface area contributed by atoms with Gasteiger partial charge >= 0.3 is 0 Å². The number of nitrogens with zero attached hydrogens (tertiary/aromatic N) is 2. The number of hydrogen-bond acceptors (Lipinski definition) is 4. The molecule has 1 heterocycles. The van der Waals surface area contributed by atoms with E-state index in [0.29, 0.717) is 0 Å². The van der Waals surface area contributed by atoms with Gasteiger partial charge in [-0.1, -0.05) is 30.8 Å². The molecule has 4 nitrogen and oxygen atoms in total. The van der Waals surface area contributed by atoms with E-state index in [-0.39, 0.29) is 11.3 Å². The van der Waals surface area contributed by atoms with Crippen molar-refractivity contribution >= 4 is 11.8 Å². The van der Waals surface area contributed by atoms with Crippen LogP contribution in [0.15, 0.2) is 35.4 Å². The molecule has 2 rings (SSSR count). The number of thioether (sulfide) groups is 1. The minimum absolute atomic E-state index is 0.0808. The van der Waals surface area contributed by atoms with Crippen molar-refractivity contribution in [2.24, 2.45) is 12.8 Å². The van der Waals surface area contributed by atoms with Crippen LogP contribution in [0.1, 0.15) is 29.9 Å². The standard InChI is InChI=1S/C16H23N3OS/c1-5-14(17)16(12-7-6-8-13(10-12)20-4)21-15-9-11(2)18-19(15)3/h6-10,14,16H,5,17H2,1-4H3. The lowest BCUT2D eigenvalue weighted by molar-refractivity contribution is 0.414. The number of ether oxygens (including phenoxy) is 1. The summed E-state index contributed by atoms with van der Waals surface area (Å²) in [5.41, 5.74) is 8.56. The largest absolute Gasteiger partial charge is 0.497 e. The van der Waals surface area contributed by atoms with E-state index in [1.54, 1.807) is 18.9 Å². The van der Waals surface area contributed by atoms with Gasteiger partial charge in [-0.05, 0) is 37.1 Å². The average molecular weight is 305 g/mol. The fourth-order valence-corrected chi connectivity index (χ4v) is 3.60. The van der Waals surface area contributed by atoms with Crippen LogP contribution in [0.5, 0.6) is 5.75 Å². The smallest absolute Gasteiger partial charge is 0.119 e. The monoisotopic (exact) mass is 305 g/mol. The molecule has 0 aliphatic heterocycles. The van der Waals surface area contributed by atoms with E-state index in [1.165, 1.54) is 5.56 Å². The highest BCUT2D eigenvalue weighted by atomic mass is 32.2. The Morgan fingerprint density at radius 1 is 1.38 bits per heavy atom. The van der Waals surface area contributed by atoms with E-state index >= 15 is 0 Å². The summed E-state index contributed by atoms with van der Waals surface area (Å²) in [7, 11) is 3.65. The second-order valence-corrected chi connectivity index (χ2v) is 6.30. The van der Waals surface area contributed by atoms with Crippen molar-refractivity contribution in [3.63, 3.8) is 0 Å². The van der Waals surface area contributed by atoms with Crippen LogP contribution in [0.25, 0.3) is 0 Å². The summed E-state index contributed by atoms with van der Waals surface area (Å²) in [6.45, 7) is 4.12. The first-order chi connectivity index (χ1) is 10.0. The maximum absolute atomic E-state index is 6.35. The summed E-state index contributed by atoms with van der Waals surface area (Å²) in [5.74, 6) is 0.864. The molecule has 114 valence electrons. The number of aromatic nitrogens is 2. The highest BCUT2D eigenvalue weighted by Gasteiger charge is 2.22. The number of rotatable bonds is 6. The van der Waals surface area contributed by atoms with Crippen LogP contribution >= 0.6 is 11.8 Å². The topological polar surface area (TPSA) is 53.1 Å². The van der Waals surface area contributed by atoms with E-state index in [1.807, 2.05) is 30.8 Å². The van der Waals surface area contributed by atoms with Gasteiger partial charge in [-0.2, -0.15) is 5.10 Å². The van der Waals surface area contributed by atoms with Gasteiger partial charge in [-0.25, -0.2) is 0 Å². The number of benzene rings is 1. The molecule has 2 N–H and O–H groups in total. The van der Waals surface area contributed by atoms with Crippen molar-refractivity contribution in [3.8, 4) is 5.75 Å².